The lowest BCUT2D eigenvalue weighted by atomic mass is 10.2. The molecule has 0 saturated carbocycles. The smallest absolute Gasteiger partial charge is 0.175 e. The van der Waals surface area contributed by atoms with E-state index in [2.05, 4.69) is 26.2 Å². The van der Waals surface area contributed by atoms with Gasteiger partial charge in [-0.05, 0) is 52.7 Å². The van der Waals surface area contributed by atoms with Gasteiger partial charge in [0.05, 0.1) is 15.9 Å². The number of hydrogen-bond acceptors (Lipinski definition) is 4. The summed E-state index contributed by atoms with van der Waals surface area (Å²) < 4.78 is 12.1. The van der Waals surface area contributed by atoms with Crippen LogP contribution < -0.4 is 14.8 Å². The standard InChI is InChI=1S/C15H15BrN2O2/c1-10-13(3-2-4-17-10)18-9-11-7-12(16)15-14(8-11)19-5-6-20-15/h2-4,7-8,18H,5-6,9H2,1H3. The fourth-order valence-corrected chi connectivity index (χ4v) is 2.74. The van der Waals surface area contributed by atoms with Crippen molar-refractivity contribution in [1.82, 2.24) is 4.98 Å². The van der Waals surface area contributed by atoms with E-state index in [9.17, 15) is 0 Å². The molecule has 0 amide bonds. The average Bonchev–Trinajstić information content (AvgIpc) is 2.46. The Morgan fingerprint density at radius 3 is 3.00 bits per heavy atom. The summed E-state index contributed by atoms with van der Waals surface area (Å²) in [6.45, 7) is 3.89. The van der Waals surface area contributed by atoms with Gasteiger partial charge in [0.1, 0.15) is 13.2 Å². The van der Waals surface area contributed by atoms with E-state index in [1.54, 1.807) is 6.20 Å². The van der Waals surface area contributed by atoms with Crippen molar-refractivity contribution in [3.8, 4) is 11.5 Å². The zero-order valence-electron chi connectivity index (χ0n) is 11.1. The Morgan fingerprint density at radius 1 is 1.30 bits per heavy atom. The minimum absolute atomic E-state index is 0.595. The number of rotatable bonds is 3. The third-order valence-corrected chi connectivity index (χ3v) is 3.74. The van der Waals surface area contributed by atoms with Gasteiger partial charge in [0.15, 0.2) is 11.5 Å². The van der Waals surface area contributed by atoms with Crippen LogP contribution in [0.3, 0.4) is 0 Å². The van der Waals surface area contributed by atoms with Crippen molar-refractivity contribution in [3.63, 3.8) is 0 Å². The third kappa shape index (κ3) is 2.72. The van der Waals surface area contributed by atoms with Crippen molar-refractivity contribution in [2.75, 3.05) is 18.5 Å². The zero-order chi connectivity index (χ0) is 13.9. The highest BCUT2D eigenvalue weighted by Crippen LogP contribution is 2.38. The largest absolute Gasteiger partial charge is 0.486 e. The van der Waals surface area contributed by atoms with Gasteiger partial charge in [0.25, 0.3) is 0 Å². The summed E-state index contributed by atoms with van der Waals surface area (Å²) in [5.41, 5.74) is 3.16. The molecular formula is C15H15BrN2O2. The molecular weight excluding hydrogens is 320 g/mol. The Morgan fingerprint density at radius 2 is 2.15 bits per heavy atom. The van der Waals surface area contributed by atoms with Gasteiger partial charge in [0, 0.05) is 12.7 Å². The van der Waals surface area contributed by atoms with Gasteiger partial charge in [-0.2, -0.15) is 0 Å². The summed E-state index contributed by atoms with van der Waals surface area (Å²) in [4.78, 5) is 4.26. The Balaban J connectivity index is 1.78. The fraction of sp³-hybridized carbons (Fsp3) is 0.267. The number of aryl methyl sites for hydroxylation is 1. The quantitative estimate of drug-likeness (QED) is 0.932. The van der Waals surface area contributed by atoms with Crippen molar-refractivity contribution in [1.29, 1.82) is 0 Å². The molecule has 0 unspecified atom stereocenters. The predicted molar refractivity (Wildman–Crippen MR) is 81.4 cm³/mol. The molecule has 3 rings (SSSR count). The maximum Gasteiger partial charge on any atom is 0.175 e. The van der Waals surface area contributed by atoms with Gasteiger partial charge in [0.2, 0.25) is 0 Å². The fourth-order valence-electron chi connectivity index (χ4n) is 2.13. The van der Waals surface area contributed by atoms with Crippen molar-refractivity contribution >= 4 is 21.6 Å². The van der Waals surface area contributed by atoms with E-state index in [1.807, 2.05) is 31.2 Å². The van der Waals surface area contributed by atoms with Crippen LogP contribution in [0, 0.1) is 6.92 Å². The SMILES string of the molecule is Cc1ncccc1NCc1cc(Br)c2c(c1)OCCO2. The molecule has 1 aromatic heterocycles. The van der Waals surface area contributed by atoms with Gasteiger partial charge < -0.3 is 14.8 Å². The number of anilines is 1. The van der Waals surface area contributed by atoms with Crippen LogP contribution in [-0.4, -0.2) is 18.2 Å². The van der Waals surface area contributed by atoms with Crippen LogP contribution in [0.25, 0.3) is 0 Å². The van der Waals surface area contributed by atoms with E-state index < -0.39 is 0 Å². The van der Waals surface area contributed by atoms with E-state index >= 15 is 0 Å². The first kappa shape index (κ1) is 13.2. The van der Waals surface area contributed by atoms with Crippen LogP contribution in [0.4, 0.5) is 5.69 Å². The maximum absolute atomic E-state index is 5.63. The monoisotopic (exact) mass is 334 g/mol. The number of halogens is 1. The number of ether oxygens (including phenoxy) is 2. The molecule has 5 heteroatoms. The lowest BCUT2D eigenvalue weighted by molar-refractivity contribution is 0.170. The molecule has 1 N–H and O–H groups in total. The van der Waals surface area contributed by atoms with Gasteiger partial charge in [-0.3, -0.25) is 4.98 Å². The lowest BCUT2D eigenvalue weighted by Gasteiger charge is -2.20. The first-order chi connectivity index (χ1) is 9.74. The summed E-state index contributed by atoms with van der Waals surface area (Å²) in [7, 11) is 0. The Hall–Kier alpha value is -1.75. The highest BCUT2D eigenvalue weighted by Gasteiger charge is 2.16. The van der Waals surface area contributed by atoms with Crippen molar-refractivity contribution in [3.05, 3.63) is 46.2 Å². The molecule has 0 spiro atoms. The molecule has 2 heterocycles. The molecule has 0 fully saturated rings. The molecule has 1 aliphatic rings. The molecule has 0 saturated heterocycles. The summed E-state index contributed by atoms with van der Waals surface area (Å²) in [5, 5.41) is 3.38. The third-order valence-electron chi connectivity index (χ3n) is 3.15. The Kier molecular flexibility index (Phi) is 3.78. The molecule has 2 aromatic rings. The zero-order valence-corrected chi connectivity index (χ0v) is 12.7. The summed E-state index contributed by atoms with van der Waals surface area (Å²) in [6.07, 6.45) is 1.79. The van der Waals surface area contributed by atoms with E-state index in [4.69, 9.17) is 9.47 Å². The van der Waals surface area contributed by atoms with Gasteiger partial charge in [-0.25, -0.2) is 0 Å². The Labute approximate surface area is 126 Å². The number of fused-ring (bicyclic) bond motifs is 1. The summed E-state index contributed by atoms with van der Waals surface area (Å²) in [5.74, 6) is 1.59. The average molecular weight is 335 g/mol. The molecule has 1 aromatic carbocycles. The van der Waals surface area contributed by atoms with E-state index in [0.717, 1.165) is 32.9 Å². The summed E-state index contributed by atoms with van der Waals surface area (Å²) >= 11 is 3.53. The van der Waals surface area contributed by atoms with Gasteiger partial charge in [-0.15, -0.1) is 0 Å². The van der Waals surface area contributed by atoms with Crippen LogP contribution in [0.15, 0.2) is 34.9 Å². The van der Waals surface area contributed by atoms with Crippen molar-refractivity contribution in [2.24, 2.45) is 0 Å². The van der Waals surface area contributed by atoms with Crippen LogP contribution in [0.2, 0.25) is 0 Å². The number of aromatic nitrogens is 1. The Bertz CT molecular complexity index is 631. The molecule has 104 valence electrons. The molecule has 0 aliphatic carbocycles. The van der Waals surface area contributed by atoms with Crippen molar-refractivity contribution in [2.45, 2.75) is 13.5 Å². The van der Waals surface area contributed by atoms with Crippen LogP contribution in [-0.2, 0) is 6.54 Å². The number of nitrogens with zero attached hydrogens (tertiary/aromatic N) is 1. The summed E-state index contributed by atoms with van der Waals surface area (Å²) in [6, 6.07) is 8.01. The molecule has 0 atom stereocenters. The second kappa shape index (κ2) is 5.71. The van der Waals surface area contributed by atoms with E-state index in [1.165, 1.54) is 0 Å². The molecule has 20 heavy (non-hydrogen) atoms. The number of benzene rings is 1. The molecule has 4 nitrogen and oxygen atoms in total. The normalized spacial score (nSPS) is 13.1. The van der Waals surface area contributed by atoms with E-state index in [0.29, 0.717) is 19.8 Å². The van der Waals surface area contributed by atoms with E-state index in [-0.39, 0.29) is 0 Å². The minimum atomic E-state index is 0.595. The minimum Gasteiger partial charge on any atom is -0.486 e. The molecule has 1 aliphatic heterocycles. The van der Waals surface area contributed by atoms with Crippen LogP contribution >= 0.6 is 15.9 Å². The number of nitrogens with one attached hydrogen (secondary N) is 1. The van der Waals surface area contributed by atoms with Crippen molar-refractivity contribution < 1.29 is 9.47 Å². The van der Waals surface area contributed by atoms with Crippen LogP contribution in [0.5, 0.6) is 11.5 Å². The predicted octanol–water partition coefficient (Wildman–Crippen LogP) is 3.54. The lowest BCUT2D eigenvalue weighted by Crippen LogP contribution is -2.16. The van der Waals surface area contributed by atoms with Gasteiger partial charge in [-0.1, -0.05) is 0 Å². The topological polar surface area (TPSA) is 43.4 Å². The highest BCUT2D eigenvalue weighted by molar-refractivity contribution is 9.10. The van der Waals surface area contributed by atoms with Gasteiger partial charge >= 0.3 is 0 Å². The molecule has 0 bridgehead atoms. The maximum atomic E-state index is 5.63. The number of hydrogen-bond donors (Lipinski definition) is 1. The number of pyridine rings is 1. The highest BCUT2D eigenvalue weighted by atomic mass is 79.9. The first-order valence-electron chi connectivity index (χ1n) is 6.47. The second-order valence-corrected chi connectivity index (χ2v) is 5.45. The van der Waals surface area contributed by atoms with Crippen LogP contribution in [0.1, 0.15) is 11.3 Å². The first-order valence-corrected chi connectivity index (χ1v) is 7.27. The second-order valence-electron chi connectivity index (χ2n) is 4.59. The molecule has 0 radical (unpaired) electrons.